The Bertz CT molecular complexity index is 1020. The summed E-state index contributed by atoms with van der Waals surface area (Å²) in [7, 11) is -3.83. The molecular weight excluding hydrogens is 407 g/mol. The van der Waals surface area contributed by atoms with Crippen LogP contribution in [0.3, 0.4) is 0 Å². The van der Waals surface area contributed by atoms with E-state index < -0.39 is 21.7 Å². The summed E-state index contributed by atoms with van der Waals surface area (Å²) < 4.78 is 47.5. The molecule has 0 bridgehead atoms. The van der Waals surface area contributed by atoms with Crippen molar-refractivity contribution in [3.8, 4) is 5.75 Å². The van der Waals surface area contributed by atoms with Crippen LogP contribution in [0.1, 0.15) is 37.6 Å². The summed E-state index contributed by atoms with van der Waals surface area (Å²) in [4.78, 5) is 12.6. The van der Waals surface area contributed by atoms with Gasteiger partial charge in [-0.1, -0.05) is 26.0 Å². The van der Waals surface area contributed by atoms with E-state index in [2.05, 4.69) is 5.32 Å². The molecule has 1 amide bonds. The standard InChI is InChI=1S/C22H27FN2O4S/c1-4-29-21-8-6-5-7-20(21)24-22(26)18-12-17(9-10-19(18)23)30(27,28)25-13-15(2)11-16(3)14-25/h5-10,12,15-16H,4,11,13-14H2,1-3H3,(H,24,26)/t15-,16-/m1/s1. The fourth-order valence-electron chi connectivity index (χ4n) is 3.83. The molecule has 1 heterocycles. The van der Waals surface area contributed by atoms with E-state index in [1.807, 2.05) is 20.8 Å². The van der Waals surface area contributed by atoms with Gasteiger partial charge in [0, 0.05) is 13.1 Å². The molecule has 30 heavy (non-hydrogen) atoms. The molecule has 1 aliphatic rings. The third-order valence-corrected chi connectivity index (χ3v) is 6.92. The molecule has 3 rings (SSSR count). The van der Waals surface area contributed by atoms with Crippen molar-refractivity contribution >= 4 is 21.6 Å². The third-order valence-electron chi connectivity index (χ3n) is 5.09. The summed E-state index contributed by atoms with van der Waals surface area (Å²) in [5.74, 6) is -0.602. The van der Waals surface area contributed by atoms with Crippen molar-refractivity contribution in [3.63, 3.8) is 0 Å². The van der Waals surface area contributed by atoms with Gasteiger partial charge in [0.05, 0.1) is 22.8 Å². The first-order chi connectivity index (χ1) is 14.2. The van der Waals surface area contributed by atoms with Gasteiger partial charge in [-0.25, -0.2) is 12.8 Å². The smallest absolute Gasteiger partial charge is 0.258 e. The van der Waals surface area contributed by atoms with Crippen LogP contribution < -0.4 is 10.1 Å². The van der Waals surface area contributed by atoms with Gasteiger partial charge in [0.2, 0.25) is 10.0 Å². The molecule has 2 aromatic rings. The Hall–Kier alpha value is -2.45. The van der Waals surface area contributed by atoms with Gasteiger partial charge in [0.15, 0.2) is 0 Å². The highest BCUT2D eigenvalue weighted by Gasteiger charge is 2.32. The molecule has 0 aliphatic carbocycles. The van der Waals surface area contributed by atoms with Crippen molar-refractivity contribution in [2.45, 2.75) is 32.1 Å². The number of sulfonamides is 1. The highest BCUT2D eigenvalue weighted by molar-refractivity contribution is 7.89. The summed E-state index contributed by atoms with van der Waals surface area (Å²) in [6.07, 6.45) is 0.961. The summed E-state index contributed by atoms with van der Waals surface area (Å²) in [5, 5.41) is 2.61. The zero-order valence-electron chi connectivity index (χ0n) is 17.4. The fourth-order valence-corrected chi connectivity index (χ4v) is 5.54. The highest BCUT2D eigenvalue weighted by atomic mass is 32.2. The Morgan fingerprint density at radius 2 is 1.83 bits per heavy atom. The zero-order chi connectivity index (χ0) is 21.9. The fraction of sp³-hybridized carbons (Fsp3) is 0.409. The molecule has 0 unspecified atom stereocenters. The number of ether oxygens (including phenoxy) is 1. The lowest BCUT2D eigenvalue weighted by Gasteiger charge is -2.34. The van der Waals surface area contributed by atoms with Crippen molar-refractivity contribution in [1.82, 2.24) is 4.31 Å². The molecule has 1 N–H and O–H groups in total. The number of amides is 1. The molecule has 2 atom stereocenters. The normalized spacial score (nSPS) is 20.0. The lowest BCUT2D eigenvalue weighted by molar-refractivity contribution is 0.102. The van der Waals surface area contributed by atoms with Gasteiger partial charge in [-0.2, -0.15) is 4.31 Å². The van der Waals surface area contributed by atoms with E-state index in [9.17, 15) is 17.6 Å². The molecular formula is C22H27FN2O4S. The second-order valence-electron chi connectivity index (χ2n) is 7.79. The van der Waals surface area contributed by atoms with E-state index in [1.165, 1.54) is 10.4 Å². The van der Waals surface area contributed by atoms with Gasteiger partial charge >= 0.3 is 0 Å². The van der Waals surface area contributed by atoms with E-state index in [1.54, 1.807) is 24.3 Å². The predicted molar refractivity (Wildman–Crippen MR) is 114 cm³/mol. The molecule has 1 aliphatic heterocycles. The van der Waals surface area contributed by atoms with Gasteiger partial charge in [-0.15, -0.1) is 0 Å². The molecule has 6 nitrogen and oxygen atoms in total. The first kappa shape index (κ1) is 22.2. The maximum atomic E-state index is 14.4. The number of para-hydroxylation sites is 2. The second kappa shape index (κ2) is 9.14. The Balaban J connectivity index is 1.89. The van der Waals surface area contributed by atoms with Gasteiger partial charge in [0.25, 0.3) is 5.91 Å². The summed E-state index contributed by atoms with van der Waals surface area (Å²) in [6.45, 7) is 7.06. The molecule has 8 heteroatoms. The van der Waals surface area contributed by atoms with Crippen LogP contribution >= 0.6 is 0 Å². The third kappa shape index (κ3) is 4.82. The van der Waals surface area contributed by atoms with Gasteiger partial charge < -0.3 is 10.1 Å². The number of carbonyl (C=O) groups excluding carboxylic acids is 1. The Labute approximate surface area is 177 Å². The lowest BCUT2D eigenvalue weighted by atomic mass is 9.94. The second-order valence-corrected chi connectivity index (χ2v) is 9.73. The number of halogens is 1. The number of hydrogen-bond acceptors (Lipinski definition) is 4. The monoisotopic (exact) mass is 434 g/mol. The van der Waals surface area contributed by atoms with E-state index >= 15 is 0 Å². The molecule has 0 radical (unpaired) electrons. The lowest BCUT2D eigenvalue weighted by Crippen LogP contribution is -2.42. The first-order valence-electron chi connectivity index (χ1n) is 10.0. The van der Waals surface area contributed by atoms with E-state index in [-0.39, 0.29) is 22.3 Å². The maximum absolute atomic E-state index is 14.4. The maximum Gasteiger partial charge on any atom is 0.258 e. The molecule has 0 aromatic heterocycles. The number of carbonyl (C=O) groups is 1. The number of nitrogens with one attached hydrogen (secondary N) is 1. The molecule has 1 saturated heterocycles. The molecule has 0 spiro atoms. The van der Waals surface area contributed by atoms with Crippen molar-refractivity contribution in [2.24, 2.45) is 11.8 Å². The van der Waals surface area contributed by atoms with Crippen LogP contribution in [0.2, 0.25) is 0 Å². The highest BCUT2D eigenvalue weighted by Crippen LogP contribution is 2.28. The van der Waals surface area contributed by atoms with Crippen LogP contribution in [0.15, 0.2) is 47.4 Å². The SMILES string of the molecule is CCOc1ccccc1NC(=O)c1cc(S(=O)(=O)N2C[C@H](C)C[C@@H](C)C2)ccc1F. The predicted octanol–water partition coefficient (Wildman–Crippen LogP) is 4.14. The number of piperidine rings is 1. The van der Waals surface area contributed by atoms with Crippen LogP contribution in [-0.4, -0.2) is 38.3 Å². The number of rotatable bonds is 6. The van der Waals surface area contributed by atoms with Crippen molar-refractivity contribution in [1.29, 1.82) is 0 Å². The Morgan fingerprint density at radius 3 is 2.50 bits per heavy atom. The van der Waals surface area contributed by atoms with Crippen LogP contribution in [0.5, 0.6) is 5.75 Å². The van der Waals surface area contributed by atoms with Gasteiger partial charge in [0.1, 0.15) is 11.6 Å². The topological polar surface area (TPSA) is 75.7 Å². The van der Waals surface area contributed by atoms with E-state index in [0.29, 0.717) is 31.1 Å². The quantitative estimate of drug-likeness (QED) is 0.741. The molecule has 162 valence electrons. The molecule has 0 saturated carbocycles. The van der Waals surface area contributed by atoms with Crippen LogP contribution in [-0.2, 0) is 10.0 Å². The van der Waals surface area contributed by atoms with E-state index in [0.717, 1.165) is 18.6 Å². The zero-order valence-corrected chi connectivity index (χ0v) is 18.2. The van der Waals surface area contributed by atoms with Crippen molar-refractivity contribution in [3.05, 3.63) is 53.8 Å². The largest absolute Gasteiger partial charge is 0.492 e. The minimum atomic E-state index is -3.83. The average Bonchev–Trinajstić information content (AvgIpc) is 2.69. The Kier molecular flexibility index (Phi) is 6.77. The number of hydrogen-bond donors (Lipinski definition) is 1. The molecule has 1 fully saturated rings. The summed E-state index contributed by atoms with van der Waals surface area (Å²) in [5.41, 5.74) is 0.0520. The first-order valence-corrected chi connectivity index (χ1v) is 11.5. The number of benzene rings is 2. The van der Waals surface area contributed by atoms with Gasteiger partial charge in [-0.05, 0) is 55.5 Å². The minimum Gasteiger partial charge on any atom is -0.492 e. The number of anilines is 1. The van der Waals surface area contributed by atoms with Crippen LogP contribution in [0.25, 0.3) is 0 Å². The average molecular weight is 435 g/mol. The minimum absolute atomic E-state index is 0.0894. The van der Waals surface area contributed by atoms with Crippen LogP contribution in [0.4, 0.5) is 10.1 Å². The number of nitrogens with zero attached hydrogens (tertiary/aromatic N) is 1. The summed E-state index contributed by atoms with van der Waals surface area (Å²) in [6, 6.07) is 10.1. The molecule has 2 aromatic carbocycles. The van der Waals surface area contributed by atoms with Crippen molar-refractivity contribution in [2.75, 3.05) is 25.0 Å². The Morgan fingerprint density at radius 1 is 1.17 bits per heavy atom. The van der Waals surface area contributed by atoms with E-state index in [4.69, 9.17) is 4.74 Å². The van der Waals surface area contributed by atoms with Crippen LogP contribution in [0, 0.1) is 17.7 Å². The van der Waals surface area contributed by atoms with Crippen molar-refractivity contribution < 1.29 is 22.3 Å². The summed E-state index contributed by atoms with van der Waals surface area (Å²) >= 11 is 0. The van der Waals surface area contributed by atoms with Gasteiger partial charge in [-0.3, -0.25) is 4.79 Å².